The molecular weight excluding hydrogens is 293 g/mol. The molecule has 1 N–H and O–H groups in total. The van der Waals surface area contributed by atoms with Crippen LogP contribution in [0.4, 0.5) is 4.39 Å². The summed E-state index contributed by atoms with van der Waals surface area (Å²) in [7, 11) is -2.27. The van der Waals surface area contributed by atoms with Crippen LogP contribution < -0.4 is 9.46 Å². The zero-order chi connectivity index (χ0) is 15.5. The molecule has 0 aliphatic carbocycles. The largest absolute Gasteiger partial charge is 0.494 e. The summed E-state index contributed by atoms with van der Waals surface area (Å²) in [5, 5.41) is 0. The first kappa shape index (κ1) is 15.5. The fraction of sp³-hybridized carbons (Fsp3) is 0.200. The zero-order valence-electron chi connectivity index (χ0n) is 11.7. The highest BCUT2D eigenvalue weighted by atomic mass is 32.2. The number of hydrogen-bond acceptors (Lipinski definition) is 3. The minimum Gasteiger partial charge on any atom is -0.494 e. The fourth-order valence-corrected chi connectivity index (χ4v) is 3.17. The summed E-state index contributed by atoms with van der Waals surface area (Å²) in [6.07, 6.45) is 0. The maximum atomic E-state index is 13.7. The maximum absolute atomic E-state index is 13.7. The molecule has 0 bridgehead atoms. The second-order valence-corrected chi connectivity index (χ2v) is 6.26. The summed E-state index contributed by atoms with van der Waals surface area (Å²) in [5.74, 6) is -0.405. The van der Waals surface area contributed by atoms with Gasteiger partial charge >= 0.3 is 0 Å². The topological polar surface area (TPSA) is 55.4 Å². The number of halogens is 1. The monoisotopic (exact) mass is 309 g/mol. The van der Waals surface area contributed by atoms with E-state index in [1.165, 1.54) is 31.4 Å². The van der Waals surface area contributed by atoms with Gasteiger partial charge in [-0.25, -0.2) is 17.5 Å². The summed E-state index contributed by atoms with van der Waals surface area (Å²) in [6.45, 7) is 1.65. The molecule has 6 heteroatoms. The van der Waals surface area contributed by atoms with E-state index in [2.05, 4.69) is 4.72 Å². The summed E-state index contributed by atoms with van der Waals surface area (Å²) in [6, 6.07) is 11.8. The molecule has 0 aliphatic heterocycles. The van der Waals surface area contributed by atoms with Crippen LogP contribution in [0.1, 0.15) is 18.5 Å². The van der Waals surface area contributed by atoms with Crippen molar-refractivity contribution >= 4 is 10.0 Å². The van der Waals surface area contributed by atoms with E-state index in [0.717, 1.165) is 0 Å². The molecule has 0 saturated heterocycles. The minimum atomic E-state index is -3.64. The molecule has 1 unspecified atom stereocenters. The van der Waals surface area contributed by atoms with E-state index < -0.39 is 21.9 Å². The molecule has 0 aromatic heterocycles. The molecule has 0 radical (unpaired) electrons. The average Bonchev–Trinajstić information content (AvgIpc) is 2.47. The Balaban J connectivity index is 2.22. The lowest BCUT2D eigenvalue weighted by atomic mass is 10.1. The Morgan fingerprint density at radius 3 is 2.38 bits per heavy atom. The van der Waals surface area contributed by atoms with Gasteiger partial charge in [-0.05, 0) is 36.8 Å². The van der Waals surface area contributed by atoms with E-state index in [0.29, 0.717) is 5.56 Å². The van der Waals surface area contributed by atoms with E-state index in [1.54, 1.807) is 31.2 Å². The van der Waals surface area contributed by atoms with E-state index in [9.17, 15) is 12.8 Å². The van der Waals surface area contributed by atoms with Gasteiger partial charge in [0.05, 0.1) is 12.0 Å². The molecule has 0 heterocycles. The Kier molecular flexibility index (Phi) is 4.59. The highest BCUT2D eigenvalue weighted by Crippen LogP contribution is 2.23. The molecule has 0 aliphatic rings. The third-order valence-corrected chi connectivity index (χ3v) is 4.62. The molecule has 4 nitrogen and oxygen atoms in total. The van der Waals surface area contributed by atoms with Crippen molar-refractivity contribution < 1.29 is 17.5 Å². The van der Waals surface area contributed by atoms with Gasteiger partial charge in [0.25, 0.3) is 0 Å². The van der Waals surface area contributed by atoms with Crippen LogP contribution in [0, 0.1) is 5.82 Å². The normalized spacial score (nSPS) is 12.9. The van der Waals surface area contributed by atoms with Crippen LogP contribution in [0.2, 0.25) is 0 Å². The Labute approximate surface area is 123 Å². The quantitative estimate of drug-likeness (QED) is 0.924. The number of hydrogen-bond donors (Lipinski definition) is 1. The molecular formula is C15H16FNO3S. The van der Waals surface area contributed by atoms with Crippen LogP contribution in [-0.2, 0) is 10.0 Å². The summed E-state index contributed by atoms with van der Waals surface area (Å²) < 4.78 is 45.4. The lowest BCUT2D eigenvalue weighted by Gasteiger charge is -2.15. The number of benzene rings is 2. The van der Waals surface area contributed by atoms with Gasteiger partial charge in [0.2, 0.25) is 10.0 Å². The van der Waals surface area contributed by atoms with Gasteiger partial charge in [-0.2, -0.15) is 0 Å². The number of ether oxygens (including phenoxy) is 1. The van der Waals surface area contributed by atoms with Gasteiger partial charge in [-0.1, -0.05) is 24.3 Å². The Morgan fingerprint density at radius 1 is 1.14 bits per heavy atom. The van der Waals surface area contributed by atoms with Gasteiger partial charge in [0, 0.05) is 6.04 Å². The zero-order valence-corrected chi connectivity index (χ0v) is 12.5. The summed E-state index contributed by atoms with van der Waals surface area (Å²) in [4.78, 5) is 0.172. The van der Waals surface area contributed by atoms with Crippen molar-refractivity contribution in [2.75, 3.05) is 7.11 Å². The van der Waals surface area contributed by atoms with Crippen molar-refractivity contribution in [3.63, 3.8) is 0 Å². The van der Waals surface area contributed by atoms with Crippen LogP contribution in [0.25, 0.3) is 0 Å². The molecule has 0 saturated carbocycles. The summed E-state index contributed by atoms with van der Waals surface area (Å²) in [5.41, 5.74) is 0.521. The van der Waals surface area contributed by atoms with Gasteiger partial charge < -0.3 is 4.74 Å². The van der Waals surface area contributed by atoms with E-state index >= 15 is 0 Å². The molecule has 0 spiro atoms. The van der Waals surface area contributed by atoms with Crippen molar-refractivity contribution in [3.05, 3.63) is 59.9 Å². The second-order valence-electron chi connectivity index (χ2n) is 4.55. The van der Waals surface area contributed by atoms with E-state index in [4.69, 9.17) is 4.74 Å². The first-order chi connectivity index (χ1) is 9.94. The smallest absolute Gasteiger partial charge is 0.241 e. The third-order valence-electron chi connectivity index (χ3n) is 3.06. The van der Waals surface area contributed by atoms with Crippen molar-refractivity contribution in [2.24, 2.45) is 0 Å². The highest BCUT2D eigenvalue weighted by molar-refractivity contribution is 7.89. The Bertz CT molecular complexity index is 717. The van der Waals surface area contributed by atoms with Crippen LogP contribution >= 0.6 is 0 Å². The van der Waals surface area contributed by atoms with Crippen molar-refractivity contribution in [1.29, 1.82) is 0 Å². The van der Waals surface area contributed by atoms with Gasteiger partial charge in [0.15, 0.2) is 11.6 Å². The van der Waals surface area contributed by atoms with Crippen molar-refractivity contribution in [2.45, 2.75) is 17.9 Å². The van der Waals surface area contributed by atoms with Crippen LogP contribution in [0.5, 0.6) is 5.75 Å². The van der Waals surface area contributed by atoms with Crippen molar-refractivity contribution in [3.8, 4) is 5.75 Å². The van der Waals surface area contributed by atoms with E-state index in [1.807, 2.05) is 0 Å². The van der Waals surface area contributed by atoms with Gasteiger partial charge in [-0.15, -0.1) is 0 Å². The van der Waals surface area contributed by atoms with Crippen molar-refractivity contribution in [1.82, 2.24) is 4.72 Å². The minimum absolute atomic E-state index is 0.122. The molecule has 21 heavy (non-hydrogen) atoms. The Morgan fingerprint density at radius 2 is 1.81 bits per heavy atom. The molecule has 112 valence electrons. The lowest BCUT2D eigenvalue weighted by molar-refractivity contribution is 0.386. The predicted molar refractivity (Wildman–Crippen MR) is 78.1 cm³/mol. The van der Waals surface area contributed by atoms with Crippen LogP contribution in [-0.4, -0.2) is 15.5 Å². The highest BCUT2D eigenvalue weighted by Gasteiger charge is 2.18. The van der Waals surface area contributed by atoms with Gasteiger partial charge in [0.1, 0.15) is 0 Å². The molecule has 2 aromatic carbocycles. The standard InChI is InChI=1S/C15H16FNO3S/c1-11(12-8-9-15(20-2)14(16)10-12)17-21(18,19)13-6-4-3-5-7-13/h3-11,17H,1-2H3. The first-order valence-electron chi connectivity index (χ1n) is 6.35. The SMILES string of the molecule is COc1ccc(C(C)NS(=O)(=O)c2ccccc2)cc1F. The molecule has 2 rings (SSSR count). The average molecular weight is 309 g/mol. The third kappa shape index (κ3) is 3.59. The number of sulfonamides is 1. The van der Waals surface area contributed by atoms with Crippen LogP contribution in [0.3, 0.4) is 0 Å². The molecule has 1 atom stereocenters. The van der Waals surface area contributed by atoms with Gasteiger partial charge in [-0.3, -0.25) is 0 Å². The predicted octanol–water partition coefficient (Wildman–Crippen LogP) is 2.87. The van der Waals surface area contributed by atoms with E-state index in [-0.39, 0.29) is 10.6 Å². The molecule has 2 aromatic rings. The lowest BCUT2D eigenvalue weighted by Crippen LogP contribution is -2.26. The number of nitrogens with one attached hydrogen (secondary N) is 1. The maximum Gasteiger partial charge on any atom is 0.241 e. The number of methoxy groups -OCH3 is 1. The fourth-order valence-electron chi connectivity index (χ4n) is 1.92. The molecule has 0 amide bonds. The summed E-state index contributed by atoms with van der Waals surface area (Å²) >= 11 is 0. The van der Waals surface area contributed by atoms with Crippen LogP contribution in [0.15, 0.2) is 53.4 Å². The Hall–Kier alpha value is -1.92. The molecule has 0 fully saturated rings. The number of rotatable bonds is 5. The second kappa shape index (κ2) is 6.24. The first-order valence-corrected chi connectivity index (χ1v) is 7.83.